The molecule has 0 unspecified atom stereocenters. The number of aromatic nitrogens is 4. The highest BCUT2D eigenvalue weighted by Gasteiger charge is 2.21. The Hall–Kier alpha value is -2.71. The number of hydrogen-bond acceptors (Lipinski definition) is 6. The van der Waals surface area contributed by atoms with Crippen LogP contribution in [-0.4, -0.2) is 51.2 Å². The van der Waals surface area contributed by atoms with Crippen LogP contribution < -0.4 is 5.32 Å². The van der Waals surface area contributed by atoms with Crippen LogP contribution in [0.15, 0.2) is 60.0 Å². The van der Waals surface area contributed by atoms with Gasteiger partial charge in [0.2, 0.25) is 5.91 Å². The van der Waals surface area contributed by atoms with E-state index < -0.39 is 0 Å². The van der Waals surface area contributed by atoms with E-state index in [-0.39, 0.29) is 11.2 Å². The zero-order chi connectivity index (χ0) is 19.8. The van der Waals surface area contributed by atoms with E-state index in [1.54, 1.807) is 19.5 Å². The molecule has 0 aliphatic rings. The van der Waals surface area contributed by atoms with Gasteiger partial charge in [0.05, 0.1) is 18.4 Å². The van der Waals surface area contributed by atoms with Crippen molar-refractivity contribution in [1.82, 2.24) is 25.1 Å². The number of carbonyl (C=O) groups is 1. The lowest BCUT2D eigenvalue weighted by Crippen LogP contribution is -2.33. The van der Waals surface area contributed by atoms with Crippen molar-refractivity contribution in [2.45, 2.75) is 23.9 Å². The third kappa shape index (κ3) is 5.17. The van der Waals surface area contributed by atoms with Crippen LogP contribution in [-0.2, 0) is 16.1 Å². The minimum atomic E-state index is -0.308. The summed E-state index contributed by atoms with van der Waals surface area (Å²) >= 11 is 1.39. The Morgan fingerprint density at radius 2 is 2.04 bits per heavy atom. The van der Waals surface area contributed by atoms with Gasteiger partial charge in [0, 0.05) is 31.6 Å². The van der Waals surface area contributed by atoms with Crippen molar-refractivity contribution in [2.24, 2.45) is 0 Å². The minimum Gasteiger partial charge on any atom is -0.383 e. The van der Waals surface area contributed by atoms with Gasteiger partial charge < -0.3 is 10.1 Å². The summed E-state index contributed by atoms with van der Waals surface area (Å²) in [5.41, 5.74) is 2.02. The first kappa shape index (κ1) is 20.0. The van der Waals surface area contributed by atoms with Crippen LogP contribution >= 0.6 is 11.8 Å². The highest BCUT2D eigenvalue weighted by Crippen LogP contribution is 2.27. The van der Waals surface area contributed by atoms with Gasteiger partial charge in [0.1, 0.15) is 0 Å². The molecule has 1 amide bonds. The Morgan fingerprint density at radius 1 is 1.21 bits per heavy atom. The minimum absolute atomic E-state index is 0.0563. The molecule has 0 aliphatic heterocycles. The lowest BCUT2D eigenvalue weighted by molar-refractivity contribution is -0.120. The van der Waals surface area contributed by atoms with Gasteiger partial charge in [-0.25, -0.2) is 0 Å². The molecule has 28 heavy (non-hydrogen) atoms. The molecule has 0 fully saturated rings. The number of nitrogens with zero attached hydrogens (tertiary/aromatic N) is 4. The number of pyridine rings is 1. The van der Waals surface area contributed by atoms with Crippen LogP contribution in [0.4, 0.5) is 0 Å². The Labute approximate surface area is 168 Å². The molecule has 3 rings (SSSR count). The smallest absolute Gasteiger partial charge is 0.233 e. The van der Waals surface area contributed by atoms with Gasteiger partial charge >= 0.3 is 0 Å². The number of ether oxygens (including phenoxy) is 1. The molecule has 2 aromatic heterocycles. The Bertz CT molecular complexity index is 886. The summed E-state index contributed by atoms with van der Waals surface area (Å²) < 4.78 is 7.00. The number of carbonyl (C=O) groups excluding carboxylic acids is 1. The maximum Gasteiger partial charge on any atom is 0.233 e. The summed E-state index contributed by atoms with van der Waals surface area (Å²) in [6.07, 6.45) is 3.49. The average molecular weight is 398 g/mol. The third-order valence-electron chi connectivity index (χ3n) is 4.08. The third-order valence-corrected chi connectivity index (χ3v) is 5.16. The largest absolute Gasteiger partial charge is 0.383 e. The van der Waals surface area contributed by atoms with Crippen molar-refractivity contribution in [3.8, 4) is 11.4 Å². The van der Waals surface area contributed by atoms with Gasteiger partial charge in [0.15, 0.2) is 11.0 Å². The summed E-state index contributed by atoms with van der Waals surface area (Å²) in [6, 6.07) is 13.9. The van der Waals surface area contributed by atoms with Gasteiger partial charge in [-0.15, -0.1) is 10.2 Å². The molecule has 2 heterocycles. The van der Waals surface area contributed by atoms with Gasteiger partial charge in [-0.1, -0.05) is 42.1 Å². The normalized spacial score (nSPS) is 11.9. The second-order valence-corrected chi connectivity index (χ2v) is 7.47. The topological polar surface area (TPSA) is 81.9 Å². The predicted octanol–water partition coefficient (Wildman–Crippen LogP) is 2.63. The number of hydrogen-bond donors (Lipinski definition) is 1. The molecule has 146 valence electrons. The van der Waals surface area contributed by atoms with E-state index >= 15 is 0 Å². The standard InChI is InChI=1S/C20H23N5O2S/c1-15(19(26)22-11-12-27-2)28-20-24-23-18(17-9-6-10-21-13-17)25(20)14-16-7-4-3-5-8-16/h3-10,13,15H,11-12,14H2,1-2H3,(H,22,26)/t15-/m0/s1. The zero-order valence-electron chi connectivity index (χ0n) is 15.9. The summed E-state index contributed by atoms with van der Waals surface area (Å²) in [5, 5.41) is 12.0. The molecule has 0 saturated heterocycles. The second kappa shape index (κ2) is 10.0. The Morgan fingerprint density at radius 3 is 2.75 bits per heavy atom. The van der Waals surface area contributed by atoms with Crippen molar-refractivity contribution in [1.29, 1.82) is 0 Å². The van der Waals surface area contributed by atoms with Crippen molar-refractivity contribution in [3.05, 3.63) is 60.4 Å². The van der Waals surface area contributed by atoms with Crippen LogP contribution in [0.2, 0.25) is 0 Å². The van der Waals surface area contributed by atoms with Crippen molar-refractivity contribution >= 4 is 17.7 Å². The maximum atomic E-state index is 12.3. The van der Waals surface area contributed by atoms with Crippen molar-refractivity contribution in [2.75, 3.05) is 20.3 Å². The molecule has 7 nitrogen and oxygen atoms in total. The van der Waals surface area contributed by atoms with E-state index in [2.05, 4.69) is 32.6 Å². The molecule has 0 spiro atoms. The van der Waals surface area contributed by atoms with E-state index in [9.17, 15) is 4.79 Å². The van der Waals surface area contributed by atoms with E-state index in [4.69, 9.17) is 4.74 Å². The Balaban J connectivity index is 1.84. The molecule has 0 radical (unpaired) electrons. The summed E-state index contributed by atoms with van der Waals surface area (Å²) in [7, 11) is 1.61. The average Bonchev–Trinajstić information content (AvgIpc) is 3.11. The molecule has 1 aromatic carbocycles. The van der Waals surface area contributed by atoms with E-state index in [1.807, 2.05) is 41.8 Å². The first-order chi connectivity index (χ1) is 13.7. The predicted molar refractivity (Wildman–Crippen MR) is 109 cm³/mol. The highest BCUT2D eigenvalue weighted by molar-refractivity contribution is 8.00. The van der Waals surface area contributed by atoms with Crippen LogP contribution in [0.3, 0.4) is 0 Å². The van der Waals surface area contributed by atoms with E-state index in [0.29, 0.717) is 24.9 Å². The fourth-order valence-electron chi connectivity index (χ4n) is 2.62. The summed E-state index contributed by atoms with van der Waals surface area (Å²) in [5.74, 6) is 0.672. The number of nitrogens with one attached hydrogen (secondary N) is 1. The first-order valence-corrected chi connectivity index (χ1v) is 9.88. The summed E-state index contributed by atoms with van der Waals surface area (Å²) in [6.45, 7) is 3.44. The molecular formula is C20H23N5O2S. The molecule has 1 N–H and O–H groups in total. The van der Waals surface area contributed by atoms with Gasteiger partial charge in [0.25, 0.3) is 0 Å². The van der Waals surface area contributed by atoms with Gasteiger partial charge in [-0.2, -0.15) is 0 Å². The van der Waals surface area contributed by atoms with Crippen molar-refractivity contribution in [3.63, 3.8) is 0 Å². The maximum absolute atomic E-state index is 12.3. The lowest BCUT2D eigenvalue weighted by Gasteiger charge is -2.14. The van der Waals surface area contributed by atoms with Crippen LogP contribution in [0.25, 0.3) is 11.4 Å². The molecule has 0 bridgehead atoms. The molecule has 0 aliphatic carbocycles. The molecule has 0 saturated carbocycles. The fraction of sp³-hybridized carbons (Fsp3) is 0.300. The molecule has 1 atom stereocenters. The number of rotatable bonds is 9. The van der Waals surface area contributed by atoms with Gasteiger partial charge in [-0.3, -0.25) is 14.3 Å². The SMILES string of the molecule is COCCNC(=O)[C@H](C)Sc1nnc(-c2cccnc2)n1Cc1ccccc1. The molecular weight excluding hydrogens is 374 g/mol. The monoisotopic (exact) mass is 397 g/mol. The van der Waals surface area contributed by atoms with E-state index in [0.717, 1.165) is 17.0 Å². The van der Waals surface area contributed by atoms with Crippen LogP contribution in [0, 0.1) is 0 Å². The number of benzene rings is 1. The molecule has 3 aromatic rings. The van der Waals surface area contributed by atoms with Gasteiger partial charge in [-0.05, 0) is 24.6 Å². The zero-order valence-corrected chi connectivity index (χ0v) is 16.7. The first-order valence-electron chi connectivity index (χ1n) is 9.00. The lowest BCUT2D eigenvalue weighted by atomic mass is 10.2. The number of amides is 1. The highest BCUT2D eigenvalue weighted by atomic mass is 32.2. The van der Waals surface area contributed by atoms with Crippen molar-refractivity contribution < 1.29 is 9.53 Å². The molecule has 8 heteroatoms. The van der Waals surface area contributed by atoms with E-state index in [1.165, 1.54) is 11.8 Å². The Kier molecular flexibility index (Phi) is 7.16. The fourth-order valence-corrected chi connectivity index (χ4v) is 3.50. The number of thioether (sulfide) groups is 1. The summed E-state index contributed by atoms with van der Waals surface area (Å²) in [4.78, 5) is 16.5. The van der Waals surface area contributed by atoms with Crippen LogP contribution in [0.1, 0.15) is 12.5 Å². The van der Waals surface area contributed by atoms with Crippen LogP contribution in [0.5, 0.6) is 0 Å². The quantitative estimate of drug-likeness (QED) is 0.442. The number of methoxy groups -OCH3 is 1. The second-order valence-electron chi connectivity index (χ2n) is 6.16.